The molecule has 0 bridgehead atoms. The average molecular weight is 311 g/mol. The molecule has 110 valence electrons. The Balaban J connectivity index is 1.80. The maximum absolute atomic E-state index is 4.99. The van der Waals surface area contributed by atoms with E-state index in [-0.39, 0.29) is 0 Å². The van der Waals surface area contributed by atoms with Crippen LogP contribution in [-0.4, -0.2) is 37.0 Å². The van der Waals surface area contributed by atoms with Crippen molar-refractivity contribution in [3.63, 3.8) is 0 Å². The Bertz CT molecular complexity index is 517. The summed E-state index contributed by atoms with van der Waals surface area (Å²) < 4.78 is 4.99. The maximum atomic E-state index is 4.99. The van der Waals surface area contributed by atoms with Crippen molar-refractivity contribution in [2.75, 3.05) is 26.8 Å². The molecule has 2 aromatic rings. The molecule has 0 spiro atoms. The molecule has 0 aliphatic carbocycles. The first-order valence-corrected chi connectivity index (χ1v) is 8.43. The Morgan fingerprint density at radius 3 is 2.75 bits per heavy atom. The second kappa shape index (κ2) is 7.83. The zero-order valence-electron chi connectivity index (χ0n) is 12.2. The van der Waals surface area contributed by atoms with Crippen LogP contribution in [0.25, 0.3) is 9.88 Å². The number of hydrogen-bond acceptors (Lipinski definition) is 6. The molecule has 2 heterocycles. The monoisotopic (exact) mass is 311 g/mol. The Hall–Kier alpha value is -0.820. The number of nitrogens with zero attached hydrogens (tertiary/aromatic N) is 2. The van der Waals surface area contributed by atoms with Gasteiger partial charge in [0.1, 0.15) is 5.01 Å². The van der Waals surface area contributed by atoms with Crippen LogP contribution >= 0.6 is 22.7 Å². The van der Waals surface area contributed by atoms with Gasteiger partial charge in [-0.1, -0.05) is 11.3 Å². The molecule has 0 aromatic carbocycles. The van der Waals surface area contributed by atoms with Gasteiger partial charge in [-0.05, 0) is 38.4 Å². The third-order valence-corrected chi connectivity index (χ3v) is 5.38. The number of ether oxygens (including phenoxy) is 1. The van der Waals surface area contributed by atoms with Gasteiger partial charge in [-0.3, -0.25) is 0 Å². The van der Waals surface area contributed by atoms with Crippen LogP contribution in [0, 0.1) is 13.8 Å². The van der Waals surface area contributed by atoms with E-state index in [1.807, 2.05) is 0 Å². The van der Waals surface area contributed by atoms with Crippen molar-refractivity contribution < 1.29 is 4.74 Å². The van der Waals surface area contributed by atoms with E-state index in [1.165, 1.54) is 15.3 Å². The zero-order chi connectivity index (χ0) is 14.4. The van der Waals surface area contributed by atoms with E-state index >= 15 is 0 Å². The topological polar surface area (TPSA) is 47.0 Å². The molecule has 2 aromatic heterocycles. The first kappa shape index (κ1) is 15.6. The standard InChI is InChI=1S/C14H21N3OS2/c1-10-9-12(19-11(10)2)14-17-16-13(20-14)5-4-6-15-7-8-18-3/h9,15H,4-8H2,1-3H3. The lowest BCUT2D eigenvalue weighted by molar-refractivity contribution is 0.199. The Kier molecular flexibility index (Phi) is 6.09. The summed E-state index contributed by atoms with van der Waals surface area (Å²) in [4.78, 5) is 2.60. The molecule has 0 unspecified atom stereocenters. The highest BCUT2D eigenvalue weighted by Crippen LogP contribution is 2.32. The number of aromatic nitrogens is 2. The molecule has 0 aliphatic heterocycles. The van der Waals surface area contributed by atoms with E-state index in [9.17, 15) is 0 Å². The second-order valence-corrected chi connectivity index (χ2v) is 7.02. The largest absolute Gasteiger partial charge is 0.383 e. The molecule has 4 nitrogen and oxygen atoms in total. The normalized spacial score (nSPS) is 11.2. The highest BCUT2D eigenvalue weighted by atomic mass is 32.1. The molecule has 0 atom stereocenters. The molecular formula is C14H21N3OS2. The second-order valence-electron chi connectivity index (χ2n) is 4.70. The predicted octanol–water partition coefficient (Wildman–Crippen LogP) is 3.05. The summed E-state index contributed by atoms with van der Waals surface area (Å²) in [5.41, 5.74) is 1.34. The van der Waals surface area contributed by atoms with Crippen LogP contribution < -0.4 is 5.32 Å². The Morgan fingerprint density at radius 2 is 2.05 bits per heavy atom. The SMILES string of the molecule is COCCNCCCc1nnc(-c2cc(C)c(C)s2)s1. The molecule has 0 amide bonds. The summed E-state index contributed by atoms with van der Waals surface area (Å²) in [5.74, 6) is 0. The van der Waals surface area contributed by atoms with E-state index in [2.05, 4.69) is 35.4 Å². The van der Waals surface area contributed by atoms with Gasteiger partial charge in [0.15, 0.2) is 5.01 Å². The first-order chi connectivity index (χ1) is 9.70. The molecule has 2 rings (SSSR count). The van der Waals surface area contributed by atoms with Crippen LogP contribution in [0.15, 0.2) is 6.07 Å². The van der Waals surface area contributed by atoms with E-state index < -0.39 is 0 Å². The van der Waals surface area contributed by atoms with Gasteiger partial charge < -0.3 is 10.1 Å². The fourth-order valence-electron chi connectivity index (χ4n) is 1.80. The molecule has 0 saturated carbocycles. The summed E-state index contributed by atoms with van der Waals surface area (Å²) in [6.45, 7) is 6.96. The van der Waals surface area contributed by atoms with Gasteiger partial charge in [0.25, 0.3) is 0 Å². The Labute approximate surface area is 128 Å². The van der Waals surface area contributed by atoms with Crippen molar-refractivity contribution >= 4 is 22.7 Å². The van der Waals surface area contributed by atoms with E-state index in [1.54, 1.807) is 29.8 Å². The lowest BCUT2D eigenvalue weighted by Gasteiger charge is -2.01. The van der Waals surface area contributed by atoms with Gasteiger partial charge in [-0.25, -0.2) is 0 Å². The number of nitrogens with one attached hydrogen (secondary N) is 1. The Morgan fingerprint density at radius 1 is 1.20 bits per heavy atom. The fourth-order valence-corrected chi connectivity index (χ4v) is 3.75. The molecule has 20 heavy (non-hydrogen) atoms. The number of methoxy groups -OCH3 is 1. The number of hydrogen-bond donors (Lipinski definition) is 1. The quantitative estimate of drug-likeness (QED) is 0.761. The number of thiophene rings is 1. The van der Waals surface area contributed by atoms with Crippen molar-refractivity contribution in [2.45, 2.75) is 26.7 Å². The summed E-state index contributed by atoms with van der Waals surface area (Å²) in [6, 6.07) is 2.20. The van der Waals surface area contributed by atoms with Crippen molar-refractivity contribution in [1.29, 1.82) is 0 Å². The van der Waals surface area contributed by atoms with Gasteiger partial charge in [0.05, 0.1) is 11.5 Å². The van der Waals surface area contributed by atoms with Gasteiger partial charge in [0, 0.05) is 25.0 Å². The molecule has 0 aliphatic rings. The minimum atomic E-state index is 0.764. The maximum Gasteiger partial charge on any atom is 0.157 e. The van der Waals surface area contributed by atoms with Gasteiger partial charge in [-0.15, -0.1) is 21.5 Å². The lowest BCUT2D eigenvalue weighted by atomic mass is 10.3. The van der Waals surface area contributed by atoms with Crippen LogP contribution in [0.5, 0.6) is 0 Å². The average Bonchev–Trinajstić information content (AvgIpc) is 3.02. The molecule has 0 radical (unpaired) electrons. The molecule has 0 fully saturated rings. The van der Waals surface area contributed by atoms with Crippen molar-refractivity contribution in [3.05, 3.63) is 21.5 Å². The molecular weight excluding hydrogens is 290 g/mol. The van der Waals surface area contributed by atoms with E-state index in [4.69, 9.17) is 4.74 Å². The zero-order valence-corrected chi connectivity index (χ0v) is 13.9. The third-order valence-electron chi connectivity index (χ3n) is 3.07. The van der Waals surface area contributed by atoms with Crippen molar-refractivity contribution in [2.24, 2.45) is 0 Å². The molecule has 1 N–H and O–H groups in total. The van der Waals surface area contributed by atoms with E-state index in [0.717, 1.165) is 42.6 Å². The van der Waals surface area contributed by atoms with Crippen LogP contribution in [0.2, 0.25) is 0 Å². The highest BCUT2D eigenvalue weighted by molar-refractivity contribution is 7.21. The summed E-state index contributed by atoms with van der Waals surface area (Å²) in [5, 5.41) is 14.1. The van der Waals surface area contributed by atoms with Gasteiger partial charge in [0.2, 0.25) is 0 Å². The van der Waals surface area contributed by atoms with Gasteiger partial charge >= 0.3 is 0 Å². The molecule has 6 heteroatoms. The molecule has 0 saturated heterocycles. The minimum Gasteiger partial charge on any atom is -0.383 e. The summed E-state index contributed by atoms with van der Waals surface area (Å²) in [7, 11) is 1.72. The lowest BCUT2D eigenvalue weighted by Crippen LogP contribution is -2.20. The summed E-state index contributed by atoms with van der Waals surface area (Å²) in [6.07, 6.45) is 2.07. The van der Waals surface area contributed by atoms with Gasteiger partial charge in [-0.2, -0.15) is 0 Å². The number of aryl methyl sites for hydroxylation is 3. The van der Waals surface area contributed by atoms with Crippen LogP contribution in [-0.2, 0) is 11.2 Å². The highest BCUT2D eigenvalue weighted by Gasteiger charge is 2.10. The predicted molar refractivity (Wildman–Crippen MR) is 85.8 cm³/mol. The van der Waals surface area contributed by atoms with Crippen LogP contribution in [0.4, 0.5) is 0 Å². The smallest absolute Gasteiger partial charge is 0.157 e. The number of rotatable bonds is 8. The fraction of sp³-hybridized carbons (Fsp3) is 0.571. The van der Waals surface area contributed by atoms with Crippen LogP contribution in [0.3, 0.4) is 0 Å². The minimum absolute atomic E-state index is 0.764. The first-order valence-electron chi connectivity index (χ1n) is 6.80. The van der Waals surface area contributed by atoms with Crippen LogP contribution in [0.1, 0.15) is 21.9 Å². The van der Waals surface area contributed by atoms with E-state index in [0.29, 0.717) is 0 Å². The third kappa shape index (κ3) is 4.34. The van der Waals surface area contributed by atoms with Crippen molar-refractivity contribution in [1.82, 2.24) is 15.5 Å². The summed E-state index contributed by atoms with van der Waals surface area (Å²) >= 11 is 3.51. The van der Waals surface area contributed by atoms with Crippen molar-refractivity contribution in [3.8, 4) is 9.88 Å².